The second kappa shape index (κ2) is 2.87. The monoisotopic (exact) mass is 199 g/mol. The fourth-order valence-electron chi connectivity index (χ4n) is 1.24. The molecule has 2 rings (SSSR count). The van der Waals surface area contributed by atoms with E-state index in [1.165, 1.54) is 12.1 Å². The Morgan fingerprint density at radius 1 is 1.14 bits per heavy atom. The first-order valence-corrected chi connectivity index (χ1v) is 3.77. The summed E-state index contributed by atoms with van der Waals surface area (Å²) in [6.07, 6.45) is 0. The largest absolute Gasteiger partial charge is 0.329 e. The lowest BCUT2D eigenvalue weighted by atomic mass is 10.2. The molecule has 1 aromatic carbocycles. The van der Waals surface area contributed by atoms with Crippen molar-refractivity contribution in [1.29, 1.82) is 0 Å². The number of pyridine rings is 1. The van der Waals surface area contributed by atoms with Crippen LogP contribution in [0.25, 0.3) is 10.9 Å². The van der Waals surface area contributed by atoms with E-state index in [9.17, 15) is 18.0 Å². The third kappa shape index (κ3) is 1.09. The molecule has 0 radical (unpaired) electrons. The van der Waals surface area contributed by atoms with E-state index in [4.69, 9.17) is 0 Å². The summed E-state index contributed by atoms with van der Waals surface area (Å²) in [7, 11) is 0. The lowest BCUT2D eigenvalue weighted by Crippen LogP contribution is -2.12. The Hall–Kier alpha value is -1.78. The fourth-order valence-corrected chi connectivity index (χ4v) is 1.24. The van der Waals surface area contributed by atoms with Crippen LogP contribution in [0.1, 0.15) is 0 Å². The van der Waals surface area contributed by atoms with Crippen LogP contribution in [0.4, 0.5) is 13.2 Å². The molecule has 72 valence electrons. The van der Waals surface area contributed by atoms with E-state index in [1.54, 1.807) is 0 Å². The van der Waals surface area contributed by atoms with Crippen LogP contribution < -0.4 is 5.43 Å². The predicted octanol–water partition coefficient (Wildman–Crippen LogP) is 1.95. The molecule has 0 amide bonds. The van der Waals surface area contributed by atoms with Crippen LogP contribution in [0.15, 0.2) is 23.0 Å². The highest BCUT2D eigenvalue weighted by Crippen LogP contribution is 2.13. The molecule has 0 saturated heterocycles. The van der Waals surface area contributed by atoms with Gasteiger partial charge in [0.15, 0.2) is 0 Å². The molecule has 0 spiro atoms. The van der Waals surface area contributed by atoms with E-state index in [-0.39, 0.29) is 5.52 Å². The van der Waals surface area contributed by atoms with Crippen LogP contribution in [0.5, 0.6) is 0 Å². The maximum absolute atomic E-state index is 13.0. The van der Waals surface area contributed by atoms with Gasteiger partial charge in [0.25, 0.3) is 0 Å². The van der Waals surface area contributed by atoms with E-state index in [0.29, 0.717) is 0 Å². The molecule has 0 atom stereocenters. The molecule has 0 aliphatic rings. The van der Waals surface area contributed by atoms with Crippen molar-refractivity contribution < 1.29 is 13.2 Å². The van der Waals surface area contributed by atoms with Crippen molar-refractivity contribution in [2.45, 2.75) is 0 Å². The van der Waals surface area contributed by atoms with Crippen molar-refractivity contribution in [3.8, 4) is 0 Å². The van der Waals surface area contributed by atoms with Crippen LogP contribution in [0, 0.1) is 17.6 Å². The predicted molar refractivity (Wildman–Crippen MR) is 44.4 cm³/mol. The molecule has 2 aromatic rings. The van der Waals surface area contributed by atoms with Gasteiger partial charge in [0.2, 0.25) is 17.2 Å². The quantitative estimate of drug-likeness (QED) is 0.646. The van der Waals surface area contributed by atoms with E-state index >= 15 is 0 Å². The molecule has 1 aromatic heterocycles. The number of nitrogens with one attached hydrogen (secondary N) is 1. The average Bonchev–Trinajstić information content (AvgIpc) is 2.14. The second-order valence-corrected chi connectivity index (χ2v) is 2.74. The summed E-state index contributed by atoms with van der Waals surface area (Å²) in [4.78, 5) is 13.1. The van der Waals surface area contributed by atoms with E-state index < -0.39 is 28.4 Å². The minimum atomic E-state index is -1.59. The second-order valence-electron chi connectivity index (χ2n) is 2.74. The number of hydrogen-bond acceptors (Lipinski definition) is 1. The molecule has 1 N–H and O–H groups in total. The van der Waals surface area contributed by atoms with Gasteiger partial charge in [-0.1, -0.05) is 6.07 Å². The molecule has 14 heavy (non-hydrogen) atoms. The Balaban J connectivity index is 3.07. The number of aromatic nitrogens is 1. The molecule has 2 nitrogen and oxygen atoms in total. The van der Waals surface area contributed by atoms with E-state index in [1.807, 2.05) is 4.98 Å². The lowest BCUT2D eigenvalue weighted by molar-refractivity contribution is 0.477. The van der Waals surface area contributed by atoms with Gasteiger partial charge in [-0.05, 0) is 12.1 Å². The smallest absolute Gasteiger partial charge is 0.231 e. The van der Waals surface area contributed by atoms with E-state index in [0.717, 1.165) is 6.07 Å². The highest BCUT2D eigenvalue weighted by Gasteiger charge is 2.13. The Morgan fingerprint density at radius 2 is 1.86 bits per heavy atom. The van der Waals surface area contributed by atoms with Crippen molar-refractivity contribution in [2.24, 2.45) is 0 Å². The lowest BCUT2D eigenvalue weighted by Gasteiger charge is -1.99. The van der Waals surface area contributed by atoms with Crippen LogP contribution in [0.3, 0.4) is 0 Å². The van der Waals surface area contributed by atoms with Crippen molar-refractivity contribution in [3.05, 3.63) is 46.0 Å². The summed E-state index contributed by atoms with van der Waals surface area (Å²) >= 11 is 0. The summed E-state index contributed by atoms with van der Waals surface area (Å²) in [5.74, 6) is -3.85. The van der Waals surface area contributed by atoms with Gasteiger partial charge in [-0.25, -0.2) is 4.39 Å². The third-order valence-electron chi connectivity index (χ3n) is 1.88. The summed E-state index contributed by atoms with van der Waals surface area (Å²) in [6.45, 7) is 0. The highest BCUT2D eigenvalue weighted by molar-refractivity contribution is 5.78. The molecule has 0 aliphatic heterocycles. The summed E-state index contributed by atoms with van der Waals surface area (Å²) in [6, 6.07) is 3.60. The van der Waals surface area contributed by atoms with E-state index in [2.05, 4.69) is 0 Å². The SMILES string of the molecule is O=c1c(F)c(F)[nH]c2cccc(F)c12. The van der Waals surface area contributed by atoms with Gasteiger partial charge in [0.05, 0.1) is 10.9 Å². The van der Waals surface area contributed by atoms with Gasteiger partial charge >= 0.3 is 0 Å². The Morgan fingerprint density at radius 3 is 2.57 bits per heavy atom. The zero-order valence-corrected chi connectivity index (χ0v) is 6.77. The normalized spacial score (nSPS) is 10.8. The maximum atomic E-state index is 13.0. The number of rotatable bonds is 0. The zero-order valence-electron chi connectivity index (χ0n) is 6.77. The zero-order chi connectivity index (χ0) is 10.3. The summed E-state index contributed by atoms with van der Waals surface area (Å²) in [5, 5.41) is -0.466. The number of hydrogen-bond donors (Lipinski definition) is 1. The van der Waals surface area contributed by atoms with Gasteiger partial charge in [-0.15, -0.1) is 0 Å². The topological polar surface area (TPSA) is 32.9 Å². The van der Waals surface area contributed by atoms with Crippen LogP contribution in [-0.2, 0) is 0 Å². The fraction of sp³-hybridized carbons (Fsp3) is 0. The minimum Gasteiger partial charge on any atom is -0.329 e. The van der Waals surface area contributed by atoms with Gasteiger partial charge in [0, 0.05) is 0 Å². The van der Waals surface area contributed by atoms with Gasteiger partial charge in [-0.3, -0.25) is 4.79 Å². The number of benzene rings is 1. The first-order chi connectivity index (χ1) is 6.61. The van der Waals surface area contributed by atoms with Crippen molar-refractivity contribution in [3.63, 3.8) is 0 Å². The van der Waals surface area contributed by atoms with Gasteiger partial charge in [-0.2, -0.15) is 8.78 Å². The molecule has 0 bridgehead atoms. The molecule has 0 aliphatic carbocycles. The van der Waals surface area contributed by atoms with Crippen molar-refractivity contribution in [1.82, 2.24) is 4.98 Å². The summed E-state index contributed by atoms with van der Waals surface area (Å²) < 4.78 is 38.5. The standard InChI is InChI=1S/C9H4F3NO/c10-4-2-1-3-5-6(4)8(14)7(11)9(12)13-5/h1-3H,(H,13,14). The highest BCUT2D eigenvalue weighted by atomic mass is 19.2. The van der Waals surface area contributed by atoms with Crippen molar-refractivity contribution in [2.75, 3.05) is 0 Å². The Kier molecular flexibility index (Phi) is 1.80. The molecule has 0 unspecified atom stereocenters. The maximum Gasteiger partial charge on any atom is 0.231 e. The average molecular weight is 199 g/mol. The first-order valence-electron chi connectivity index (χ1n) is 3.77. The molecular formula is C9H4F3NO. The number of fused-ring (bicyclic) bond motifs is 1. The van der Waals surface area contributed by atoms with Crippen LogP contribution in [0.2, 0.25) is 0 Å². The van der Waals surface area contributed by atoms with Crippen LogP contribution >= 0.6 is 0 Å². The molecule has 0 fully saturated rings. The van der Waals surface area contributed by atoms with Gasteiger partial charge < -0.3 is 4.98 Å². The first kappa shape index (κ1) is 8.80. The minimum absolute atomic E-state index is 0.0612. The summed E-state index contributed by atoms with van der Waals surface area (Å²) in [5.41, 5.74) is -1.33. The molecule has 0 saturated carbocycles. The number of halogens is 3. The molecule has 1 heterocycles. The number of H-pyrrole nitrogens is 1. The van der Waals surface area contributed by atoms with Gasteiger partial charge in [0.1, 0.15) is 5.82 Å². The molecular weight excluding hydrogens is 195 g/mol. The Labute approximate surface area is 76.0 Å². The molecule has 5 heteroatoms. The van der Waals surface area contributed by atoms with Crippen LogP contribution in [-0.4, -0.2) is 4.98 Å². The number of aromatic amines is 1. The van der Waals surface area contributed by atoms with Crippen molar-refractivity contribution >= 4 is 10.9 Å². The third-order valence-corrected chi connectivity index (χ3v) is 1.88. The Bertz CT molecular complexity index is 562.